The summed E-state index contributed by atoms with van der Waals surface area (Å²) < 4.78 is 25.6. The van der Waals surface area contributed by atoms with Gasteiger partial charge >= 0.3 is 0 Å². The van der Waals surface area contributed by atoms with Crippen molar-refractivity contribution in [2.24, 2.45) is 0 Å². The van der Waals surface area contributed by atoms with Crippen molar-refractivity contribution in [3.63, 3.8) is 0 Å². The van der Waals surface area contributed by atoms with Gasteiger partial charge in [-0.15, -0.1) is 0 Å². The summed E-state index contributed by atoms with van der Waals surface area (Å²) in [6.07, 6.45) is 0.814. The van der Waals surface area contributed by atoms with Gasteiger partial charge in [-0.05, 0) is 32.4 Å². The molecule has 5 nitrogen and oxygen atoms in total. The molecule has 0 heterocycles. The van der Waals surface area contributed by atoms with E-state index in [1.165, 1.54) is 0 Å². The molecule has 1 aromatic carbocycles. The number of para-hydroxylation sites is 1. The van der Waals surface area contributed by atoms with Gasteiger partial charge in [-0.25, -0.2) is 8.42 Å². The van der Waals surface area contributed by atoms with Gasteiger partial charge in [-0.3, -0.25) is 9.52 Å². The van der Waals surface area contributed by atoms with Crippen molar-refractivity contribution in [2.45, 2.75) is 33.2 Å². The Labute approximate surface area is 114 Å². The van der Waals surface area contributed by atoms with Crippen LogP contribution in [0.25, 0.3) is 0 Å². The second kappa shape index (κ2) is 6.56. The van der Waals surface area contributed by atoms with Gasteiger partial charge in [0.05, 0.1) is 17.0 Å². The van der Waals surface area contributed by atoms with Gasteiger partial charge in [0.15, 0.2) is 0 Å². The fourth-order valence-electron chi connectivity index (χ4n) is 1.41. The summed E-state index contributed by atoms with van der Waals surface area (Å²) >= 11 is 0. The summed E-state index contributed by atoms with van der Waals surface area (Å²) in [5, 5.41) is 2.82. The number of hydrogen-bond donors (Lipinski definition) is 2. The van der Waals surface area contributed by atoms with Crippen LogP contribution in [-0.4, -0.2) is 26.1 Å². The molecule has 0 spiro atoms. The molecule has 0 aliphatic carbocycles. The summed E-state index contributed by atoms with van der Waals surface area (Å²) in [5.41, 5.74) is 0.643. The minimum atomic E-state index is -3.39. The van der Waals surface area contributed by atoms with E-state index in [0.29, 0.717) is 11.3 Å². The smallest absolute Gasteiger partial charge is 0.253 e. The molecule has 0 fully saturated rings. The maximum absolute atomic E-state index is 12.1. The molecular formula is C13H20N2O3S. The van der Waals surface area contributed by atoms with E-state index in [2.05, 4.69) is 10.0 Å². The maximum atomic E-state index is 12.1. The van der Waals surface area contributed by atoms with Crippen LogP contribution in [0.15, 0.2) is 24.3 Å². The van der Waals surface area contributed by atoms with E-state index in [9.17, 15) is 13.2 Å². The first-order chi connectivity index (χ1) is 8.89. The summed E-state index contributed by atoms with van der Waals surface area (Å²) in [5.74, 6) is -0.308. The van der Waals surface area contributed by atoms with E-state index in [0.717, 1.165) is 6.42 Å². The zero-order valence-electron chi connectivity index (χ0n) is 11.4. The highest BCUT2D eigenvalue weighted by molar-refractivity contribution is 7.92. The van der Waals surface area contributed by atoms with Crippen LogP contribution in [0.1, 0.15) is 37.6 Å². The topological polar surface area (TPSA) is 75.3 Å². The summed E-state index contributed by atoms with van der Waals surface area (Å²) in [4.78, 5) is 12.1. The quantitative estimate of drug-likeness (QED) is 0.838. The highest BCUT2D eigenvalue weighted by Gasteiger charge is 2.16. The van der Waals surface area contributed by atoms with Crippen LogP contribution in [0.4, 0.5) is 5.69 Å². The first-order valence-corrected chi connectivity index (χ1v) is 7.95. The molecule has 0 bridgehead atoms. The minimum Gasteiger partial charge on any atom is -0.350 e. The lowest BCUT2D eigenvalue weighted by Crippen LogP contribution is -2.32. The third-order valence-corrected chi connectivity index (χ3v) is 4.10. The Kier molecular flexibility index (Phi) is 5.35. The molecule has 0 saturated heterocycles. The lowest BCUT2D eigenvalue weighted by molar-refractivity contribution is 0.0940. The molecule has 19 heavy (non-hydrogen) atoms. The zero-order valence-corrected chi connectivity index (χ0v) is 12.3. The molecule has 0 aliphatic rings. The van der Waals surface area contributed by atoms with Crippen molar-refractivity contribution >= 4 is 21.6 Å². The molecule has 0 aromatic heterocycles. The van der Waals surface area contributed by atoms with Gasteiger partial charge in [0.25, 0.3) is 5.91 Å². The lowest BCUT2D eigenvalue weighted by Gasteiger charge is -2.14. The van der Waals surface area contributed by atoms with Crippen LogP contribution >= 0.6 is 0 Å². The maximum Gasteiger partial charge on any atom is 0.253 e. The Morgan fingerprint density at radius 2 is 1.89 bits per heavy atom. The second-order valence-electron chi connectivity index (χ2n) is 4.33. The number of nitrogens with one attached hydrogen (secondary N) is 2. The third kappa shape index (κ3) is 4.55. The highest BCUT2D eigenvalue weighted by Crippen LogP contribution is 2.17. The first-order valence-electron chi connectivity index (χ1n) is 6.30. The molecule has 106 valence electrons. The molecule has 1 atom stereocenters. The van der Waals surface area contributed by atoms with E-state index in [4.69, 9.17) is 0 Å². The SMILES string of the molecule is CCC(C)NC(=O)c1ccccc1NS(=O)(=O)CC. The average molecular weight is 284 g/mol. The van der Waals surface area contributed by atoms with Crippen LogP contribution in [0.5, 0.6) is 0 Å². The number of amides is 1. The Hall–Kier alpha value is -1.56. The first kappa shape index (κ1) is 15.5. The van der Waals surface area contributed by atoms with Crippen molar-refractivity contribution in [3.8, 4) is 0 Å². The molecule has 0 saturated carbocycles. The van der Waals surface area contributed by atoms with Crippen LogP contribution in [-0.2, 0) is 10.0 Å². The Morgan fingerprint density at radius 1 is 1.26 bits per heavy atom. The van der Waals surface area contributed by atoms with Gasteiger partial charge in [0.1, 0.15) is 0 Å². The van der Waals surface area contributed by atoms with Crippen LogP contribution in [0.2, 0.25) is 0 Å². The van der Waals surface area contributed by atoms with Gasteiger partial charge in [-0.2, -0.15) is 0 Å². The predicted molar refractivity (Wildman–Crippen MR) is 76.7 cm³/mol. The number of rotatable bonds is 6. The number of carbonyl (C=O) groups is 1. The zero-order chi connectivity index (χ0) is 14.5. The summed E-state index contributed by atoms with van der Waals surface area (Å²) in [6, 6.07) is 6.62. The molecule has 0 radical (unpaired) electrons. The fraction of sp³-hybridized carbons (Fsp3) is 0.462. The van der Waals surface area contributed by atoms with Gasteiger partial charge in [0.2, 0.25) is 10.0 Å². The van der Waals surface area contributed by atoms with Crippen molar-refractivity contribution in [1.82, 2.24) is 5.32 Å². The summed E-state index contributed by atoms with van der Waals surface area (Å²) in [6.45, 7) is 5.41. The van der Waals surface area contributed by atoms with Crippen molar-refractivity contribution in [1.29, 1.82) is 0 Å². The Bertz CT molecular complexity index is 541. The number of carbonyl (C=O) groups excluding carboxylic acids is 1. The molecule has 6 heteroatoms. The minimum absolute atomic E-state index is 0.0334. The standard InChI is InChI=1S/C13H20N2O3S/c1-4-10(3)14-13(16)11-8-6-7-9-12(11)15-19(17,18)5-2/h6-10,15H,4-5H2,1-3H3,(H,14,16). The largest absolute Gasteiger partial charge is 0.350 e. The Balaban J connectivity index is 2.99. The van der Waals surface area contributed by atoms with Crippen LogP contribution in [0, 0.1) is 0 Å². The molecule has 2 N–H and O–H groups in total. The second-order valence-corrected chi connectivity index (χ2v) is 6.34. The lowest BCUT2D eigenvalue weighted by atomic mass is 10.1. The van der Waals surface area contributed by atoms with E-state index >= 15 is 0 Å². The molecule has 0 aliphatic heterocycles. The van der Waals surface area contributed by atoms with Crippen molar-refractivity contribution in [3.05, 3.63) is 29.8 Å². The summed E-state index contributed by atoms with van der Waals surface area (Å²) in [7, 11) is -3.39. The normalized spacial score (nSPS) is 12.8. The third-order valence-electron chi connectivity index (χ3n) is 2.81. The van der Waals surface area contributed by atoms with E-state index in [1.54, 1.807) is 31.2 Å². The van der Waals surface area contributed by atoms with Gasteiger partial charge in [-0.1, -0.05) is 19.1 Å². The van der Waals surface area contributed by atoms with Crippen LogP contribution < -0.4 is 10.0 Å². The monoisotopic (exact) mass is 284 g/mol. The highest BCUT2D eigenvalue weighted by atomic mass is 32.2. The number of benzene rings is 1. The van der Waals surface area contributed by atoms with E-state index in [1.807, 2.05) is 13.8 Å². The number of sulfonamides is 1. The van der Waals surface area contributed by atoms with Crippen LogP contribution in [0.3, 0.4) is 0 Å². The van der Waals surface area contributed by atoms with Gasteiger partial charge in [0, 0.05) is 6.04 Å². The number of anilines is 1. The van der Waals surface area contributed by atoms with E-state index < -0.39 is 10.0 Å². The predicted octanol–water partition coefficient (Wildman–Crippen LogP) is 1.98. The van der Waals surface area contributed by atoms with Gasteiger partial charge < -0.3 is 5.32 Å². The molecular weight excluding hydrogens is 264 g/mol. The molecule has 1 amide bonds. The van der Waals surface area contributed by atoms with E-state index in [-0.39, 0.29) is 17.7 Å². The molecule has 1 rings (SSSR count). The number of hydrogen-bond acceptors (Lipinski definition) is 3. The van der Waals surface area contributed by atoms with Crippen molar-refractivity contribution < 1.29 is 13.2 Å². The molecule has 1 unspecified atom stereocenters. The molecule has 1 aromatic rings. The Morgan fingerprint density at radius 3 is 2.47 bits per heavy atom. The fourth-order valence-corrected chi connectivity index (χ4v) is 2.07. The van der Waals surface area contributed by atoms with Crippen molar-refractivity contribution in [2.75, 3.05) is 10.5 Å². The average Bonchev–Trinajstić information content (AvgIpc) is 2.38.